The fourth-order valence-corrected chi connectivity index (χ4v) is 2.99. The molecule has 3 N–H and O–H groups in total. The minimum atomic E-state index is -0.582. The van der Waals surface area contributed by atoms with Gasteiger partial charge in [0.05, 0.1) is 30.5 Å². The molecule has 1 heterocycles. The van der Waals surface area contributed by atoms with Gasteiger partial charge in [-0.15, -0.1) is 0 Å². The van der Waals surface area contributed by atoms with Gasteiger partial charge >= 0.3 is 12.0 Å². The molecule has 140 valence electrons. The standard InChI is InChI=1S/C20H20ClN3O3/c1-2-27-19(25)17-16(12-22-15-10-8-14(21)9-11-15)23-20(26)24-18(17)13-6-4-3-5-7-13/h3-11,18,22H,2,12H2,1H3,(H2,23,24,26). The predicted molar refractivity (Wildman–Crippen MR) is 104 cm³/mol. The number of ether oxygens (including phenoxy) is 1. The normalized spacial score (nSPS) is 16.4. The second kappa shape index (κ2) is 8.60. The number of benzene rings is 2. The van der Waals surface area contributed by atoms with E-state index >= 15 is 0 Å². The van der Waals surface area contributed by atoms with Gasteiger partial charge < -0.3 is 20.7 Å². The number of carbonyl (C=O) groups is 2. The highest BCUT2D eigenvalue weighted by atomic mass is 35.5. The van der Waals surface area contributed by atoms with Gasteiger partial charge in [-0.3, -0.25) is 0 Å². The predicted octanol–water partition coefficient (Wildman–Crippen LogP) is 3.62. The van der Waals surface area contributed by atoms with Crippen molar-refractivity contribution in [3.05, 3.63) is 76.5 Å². The number of rotatable bonds is 6. The first-order valence-corrected chi connectivity index (χ1v) is 8.98. The van der Waals surface area contributed by atoms with E-state index in [2.05, 4.69) is 16.0 Å². The van der Waals surface area contributed by atoms with Gasteiger partial charge in [-0.1, -0.05) is 41.9 Å². The number of halogens is 1. The lowest BCUT2D eigenvalue weighted by atomic mass is 9.95. The molecule has 7 heteroatoms. The highest BCUT2D eigenvalue weighted by Gasteiger charge is 2.33. The minimum Gasteiger partial charge on any atom is -0.463 e. The summed E-state index contributed by atoms with van der Waals surface area (Å²) in [4.78, 5) is 24.8. The van der Waals surface area contributed by atoms with Crippen molar-refractivity contribution in [1.82, 2.24) is 10.6 Å². The summed E-state index contributed by atoms with van der Waals surface area (Å²) in [6.45, 7) is 2.25. The first kappa shape index (κ1) is 18.8. The Morgan fingerprint density at radius 1 is 1.15 bits per heavy atom. The smallest absolute Gasteiger partial charge is 0.338 e. The van der Waals surface area contributed by atoms with Crippen LogP contribution in [0.25, 0.3) is 0 Å². The first-order chi connectivity index (χ1) is 13.1. The number of urea groups is 1. The second-order valence-corrected chi connectivity index (χ2v) is 6.35. The summed E-state index contributed by atoms with van der Waals surface area (Å²) >= 11 is 5.90. The van der Waals surface area contributed by atoms with Crippen LogP contribution in [0.1, 0.15) is 18.5 Å². The second-order valence-electron chi connectivity index (χ2n) is 5.92. The van der Waals surface area contributed by atoms with Gasteiger partial charge in [-0.05, 0) is 36.8 Å². The Bertz CT molecular complexity index is 851. The van der Waals surface area contributed by atoms with E-state index in [-0.39, 0.29) is 19.2 Å². The van der Waals surface area contributed by atoms with Gasteiger partial charge in [-0.2, -0.15) is 0 Å². The third-order valence-corrected chi connectivity index (χ3v) is 4.35. The van der Waals surface area contributed by atoms with Crippen molar-refractivity contribution in [1.29, 1.82) is 0 Å². The zero-order valence-corrected chi connectivity index (χ0v) is 15.5. The zero-order valence-electron chi connectivity index (χ0n) is 14.8. The summed E-state index contributed by atoms with van der Waals surface area (Å²) < 4.78 is 5.23. The lowest BCUT2D eigenvalue weighted by Crippen LogP contribution is -2.47. The number of esters is 1. The van der Waals surface area contributed by atoms with E-state index in [9.17, 15) is 9.59 Å². The Kier molecular flexibility index (Phi) is 5.98. The van der Waals surface area contributed by atoms with E-state index in [0.29, 0.717) is 16.3 Å². The summed E-state index contributed by atoms with van der Waals surface area (Å²) in [6, 6.07) is 15.5. The molecule has 1 aliphatic heterocycles. The summed E-state index contributed by atoms with van der Waals surface area (Å²) in [5, 5.41) is 9.36. The average Bonchev–Trinajstić information content (AvgIpc) is 2.68. The first-order valence-electron chi connectivity index (χ1n) is 8.60. The van der Waals surface area contributed by atoms with Crippen LogP contribution in [0.5, 0.6) is 0 Å². The molecule has 6 nitrogen and oxygen atoms in total. The molecule has 1 aliphatic rings. The maximum atomic E-state index is 12.6. The molecule has 0 fully saturated rings. The summed E-state index contributed by atoms with van der Waals surface area (Å²) in [7, 11) is 0. The van der Waals surface area contributed by atoms with Crippen molar-refractivity contribution in [2.24, 2.45) is 0 Å². The summed E-state index contributed by atoms with van der Waals surface area (Å²) in [5.74, 6) is -0.466. The van der Waals surface area contributed by atoms with Crippen LogP contribution in [0.2, 0.25) is 5.02 Å². The Morgan fingerprint density at radius 3 is 2.52 bits per heavy atom. The van der Waals surface area contributed by atoms with Crippen LogP contribution in [0.3, 0.4) is 0 Å². The molecule has 2 aromatic rings. The number of carbonyl (C=O) groups excluding carboxylic acids is 2. The Hall–Kier alpha value is -2.99. The number of anilines is 1. The van der Waals surface area contributed by atoms with Crippen LogP contribution in [0, 0.1) is 0 Å². The van der Waals surface area contributed by atoms with Gasteiger partial charge in [0, 0.05) is 10.7 Å². The monoisotopic (exact) mass is 385 g/mol. The van der Waals surface area contributed by atoms with Gasteiger partial charge in [-0.25, -0.2) is 9.59 Å². The molecule has 0 radical (unpaired) electrons. The molecular formula is C20H20ClN3O3. The lowest BCUT2D eigenvalue weighted by Gasteiger charge is -2.29. The summed E-state index contributed by atoms with van der Waals surface area (Å²) in [5.41, 5.74) is 2.48. The maximum absolute atomic E-state index is 12.6. The van der Waals surface area contributed by atoms with Gasteiger partial charge in [0.2, 0.25) is 0 Å². The zero-order chi connectivity index (χ0) is 19.2. The molecule has 27 heavy (non-hydrogen) atoms. The lowest BCUT2D eigenvalue weighted by molar-refractivity contribution is -0.139. The molecule has 0 aliphatic carbocycles. The van der Waals surface area contributed by atoms with E-state index in [4.69, 9.17) is 16.3 Å². The molecule has 0 saturated carbocycles. The fourth-order valence-electron chi connectivity index (χ4n) is 2.86. The van der Waals surface area contributed by atoms with Crippen LogP contribution in [-0.2, 0) is 9.53 Å². The van der Waals surface area contributed by atoms with Gasteiger partial charge in [0.15, 0.2) is 0 Å². The molecule has 1 atom stereocenters. The van der Waals surface area contributed by atoms with Crippen molar-refractivity contribution in [2.75, 3.05) is 18.5 Å². The molecule has 0 bridgehead atoms. The van der Waals surface area contributed by atoms with Crippen LogP contribution in [0.4, 0.5) is 10.5 Å². The highest BCUT2D eigenvalue weighted by molar-refractivity contribution is 6.30. The average molecular weight is 386 g/mol. The van der Waals surface area contributed by atoms with Crippen LogP contribution >= 0.6 is 11.6 Å². The van der Waals surface area contributed by atoms with Crippen LogP contribution in [-0.4, -0.2) is 25.2 Å². The van der Waals surface area contributed by atoms with E-state index < -0.39 is 12.0 Å². The number of hydrogen-bond donors (Lipinski definition) is 3. The van der Waals surface area contributed by atoms with Crippen LogP contribution in [0.15, 0.2) is 65.9 Å². The molecule has 3 rings (SSSR count). The van der Waals surface area contributed by atoms with Crippen molar-refractivity contribution in [2.45, 2.75) is 13.0 Å². The topological polar surface area (TPSA) is 79.5 Å². The number of hydrogen-bond acceptors (Lipinski definition) is 4. The summed E-state index contributed by atoms with van der Waals surface area (Å²) in [6.07, 6.45) is 0. The Labute approximate surface area is 162 Å². The number of amides is 2. The van der Waals surface area contributed by atoms with Crippen molar-refractivity contribution >= 4 is 29.3 Å². The van der Waals surface area contributed by atoms with E-state index in [1.807, 2.05) is 42.5 Å². The van der Waals surface area contributed by atoms with Crippen LogP contribution < -0.4 is 16.0 Å². The molecule has 0 aromatic heterocycles. The van der Waals surface area contributed by atoms with Crippen molar-refractivity contribution in [3.8, 4) is 0 Å². The molecule has 0 spiro atoms. The molecular weight excluding hydrogens is 366 g/mol. The molecule has 0 saturated heterocycles. The highest BCUT2D eigenvalue weighted by Crippen LogP contribution is 2.28. The fraction of sp³-hybridized carbons (Fsp3) is 0.200. The maximum Gasteiger partial charge on any atom is 0.338 e. The minimum absolute atomic E-state index is 0.246. The molecule has 1 unspecified atom stereocenters. The quantitative estimate of drug-likeness (QED) is 0.663. The third kappa shape index (κ3) is 4.60. The van der Waals surface area contributed by atoms with Crippen molar-refractivity contribution in [3.63, 3.8) is 0 Å². The SMILES string of the molecule is CCOC(=O)C1=C(CNc2ccc(Cl)cc2)NC(=O)NC1c1ccccc1. The van der Waals surface area contributed by atoms with E-state index in [0.717, 1.165) is 11.3 Å². The molecule has 2 amide bonds. The Morgan fingerprint density at radius 2 is 1.85 bits per heavy atom. The van der Waals surface area contributed by atoms with E-state index in [1.165, 1.54) is 0 Å². The Balaban J connectivity index is 1.93. The third-order valence-electron chi connectivity index (χ3n) is 4.10. The number of nitrogens with one attached hydrogen (secondary N) is 3. The van der Waals surface area contributed by atoms with Gasteiger partial charge in [0.25, 0.3) is 0 Å². The van der Waals surface area contributed by atoms with Gasteiger partial charge in [0.1, 0.15) is 0 Å². The molecule has 2 aromatic carbocycles. The van der Waals surface area contributed by atoms with Crippen molar-refractivity contribution < 1.29 is 14.3 Å². The van der Waals surface area contributed by atoms with E-state index in [1.54, 1.807) is 19.1 Å². The largest absolute Gasteiger partial charge is 0.463 e.